The molecule has 3 N–H and O–H groups in total. The zero-order valence-electron chi connectivity index (χ0n) is 15.4. The van der Waals surface area contributed by atoms with Crippen molar-refractivity contribution in [2.75, 3.05) is 6.54 Å². The Morgan fingerprint density at radius 3 is 2.69 bits per heavy atom. The minimum absolute atomic E-state index is 0.206. The van der Waals surface area contributed by atoms with Crippen LogP contribution in [0, 0.1) is 11.8 Å². The lowest BCUT2D eigenvalue weighted by atomic mass is 10.1. The predicted octanol–water partition coefficient (Wildman–Crippen LogP) is 2.89. The number of ether oxygens (including phenoxy) is 1. The quantitative estimate of drug-likeness (QED) is 0.459. The fourth-order valence-corrected chi connectivity index (χ4v) is 2.62. The van der Waals surface area contributed by atoms with Gasteiger partial charge in [0, 0.05) is 30.1 Å². The fourth-order valence-electron chi connectivity index (χ4n) is 2.62. The van der Waals surface area contributed by atoms with Gasteiger partial charge in [0.05, 0.1) is 5.52 Å². The molecule has 2 aromatic carbocycles. The number of amides is 1. The largest absolute Gasteiger partial charge is 0.477 e. The summed E-state index contributed by atoms with van der Waals surface area (Å²) in [6.45, 7) is 0.546. The summed E-state index contributed by atoms with van der Waals surface area (Å²) in [5, 5.41) is 11.9. The van der Waals surface area contributed by atoms with Gasteiger partial charge in [0.1, 0.15) is 12.2 Å². The summed E-state index contributed by atoms with van der Waals surface area (Å²) in [6, 6.07) is 14.3. The summed E-state index contributed by atoms with van der Waals surface area (Å²) in [4.78, 5) is 37.6. The first-order chi connectivity index (χ1) is 14.0. The molecule has 0 saturated heterocycles. The number of carboxylic acids is 1. The second-order valence-electron chi connectivity index (χ2n) is 6.14. The molecule has 0 unspecified atom stereocenters. The molecule has 7 nitrogen and oxygen atoms in total. The minimum atomic E-state index is -1.27. The van der Waals surface area contributed by atoms with Crippen molar-refractivity contribution in [3.63, 3.8) is 0 Å². The Morgan fingerprint density at radius 2 is 1.93 bits per heavy atom. The van der Waals surface area contributed by atoms with Gasteiger partial charge in [0.2, 0.25) is 5.43 Å². The number of hydrogen-bond donors (Lipinski definition) is 3. The smallest absolute Gasteiger partial charge is 0.407 e. The SMILES string of the molecule is O=C(NCCC#Cc1ccc2c(=O)c(C(=O)O)c[nH]c2c1)OCc1ccccc1. The predicted molar refractivity (Wildman–Crippen MR) is 108 cm³/mol. The molecule has 0 aliphatic heterocycles. The third kappa shape index (κ3) is 5.23. The maximum Gasteiger partial charge on any atom is 0.407 e. The number of aromatic amines is 1. The van der Waals surface area contributed by atoms with Crippen molar-refractivity contribution in [2.45, 2.75) is 13.0 Å². The van der Waals surface area contributed by atoms with Crippen LogP contribution in [0.2, 0.25) is 0 Å². The molecule has 29 heavy (non-hydrogen) atoms. The second kappa shape index (κ2) is 9.24. The number of fused-ring (bicyclic) bond motifs is 1. The van der Waals surface area contributed by atoms with Crippen LogP contribution in [0.25, 0.3) is 10.9 Å². The number of pyridine rings is 1. The number of benzene rings is 2. The first-order valence-electron chi connectivity index (χ1n) is 8.87. The van der Waals surface area contributed by atoms with E-state index >= 15 is 0 Å². The van der Waals surface area contributed by atoms with Crippen molar-refractivity contribution in [1.29, 1.82) is 0 Å². The molecular formula is C22H18N2O5. The molecule has 3 rings (SSSR count). The average molecular weight is 390 g/mol. The van der Waals surface area contributed by atoms with Crippen LogP contribution in [-0.2, 0) is 11.3 Å². The lowest BCUT2D eigenvalue weighted by Crippen LogP contribution is -2.24. The van der Waals surface area contributed by atoms with Gasteiger partial charge in [-0.3, -0.25) is 4.79 Å². The van der Waals surface area contributed by atoms with Crippen molar-refractivity contribution < 1.29 is 19.4 Å². The molecule has 146 valence electrons. The van der Waals surface area contributed by atoms with Crippen LogP contribution >= 0.6 is 0 Å². The molecule has 7 heteroatoms. The van der Waals surface area contributed by atoms with Crippen LogP contribution in [0.3, 0.4) is 0 Å². The van der Waals surface area contributed by atoms with Crippen molar-refractivity contribution in [2.24, 2.45) is 0 Å². The lowest BCUT2D eigenvalue weighted by Gasteiger charge is -2.05. The molecule has 0 spiro atoms. The number of aromatic carboxylic acids is 1. The Hall–Kier alpha value is -4.05. The number of nitrogens with one attached hydrogen (secondary N) is 2. The van der Waals surface area contributed by atoms with E-state index < -0.39 is 17.5 Å². The van der Waals surface area contributed by atoms with Gasteiger partial charge >= 0.3 is 12.1 Å². The summed E-state index contributed by atoms with van der Waals surface area (Å²) in [5.74, 6) is 4.61. The first-order valence-corrected chi connectivity index (χ1v) is 8.87. The molecule has 0 aliphatic carbocycles. The zero-order valence-corrected chi connectivity index (χ0v) is 15.4. The second-order valence-corrected chi connectivity index (χ2v) is 6.14. The Labute approximate surface area is 166 Å². The molecule has 1 amide bonds. The van der Waals surface area contributed by atoms with Crippen LogP contribution in [0.15, 0.2) is 59.5 Å². The van der Waals surface area contributed by atoms with Gasteiger partial charge in [0.25, 0.3) is 0 Å². The molecule has 0 radical (unpaired) electrons. The van der Waals surface area contributed by atoms with Gasteiger partial charge < -0.3 is 20.1 Å². The molecule has 1 heterocycles. The Morgan fingerprint density at radius 1 is 1.14 bits per heavy atom. The topological polar surface area (TPSA) is 108 Å². The summed E-state index contributed by atoms with van der Waals surface area (Å²) in [5.41, 5.74) is 1.25. The van der Waals surface area contributed by atoms with Crippen molar-refractivity contribution in [1.82, 2.24) is 10.3 Å². The minimum Gasteiger partial charge on any atom is -0.477 e. The van der Waals surface area contributed by atoms with Gasteiger partial charge in [-0.25, -0.2) is 9.59 Å². The van der Waals surface area contributed by atoms with Gasteiger partial charge in [-0.2, -0.15) is 0 Å². The summed E-state index contributed by atoms with van der Waals surface area (Å²) < 4.78 is 5.11. The number of alkyl carbamates (subject to hydrolysis) is 1. The van der Waals surface area contributed by atoms with Crippen LogP contribution < -0.4 is 10.7 Å². The summed E-state index contributed by atoms with van der Waals surface area (Å²) in [6.07, 6.45) is 1.09. The number of rotatable bonds is 5. The highest BCUT2D eigenvalue weighted by Crippen LogP contribution is 2.10. The number of H-pyrrole nitrogens is 1. The maximum absolute atomic E-state index is 12.1. The van der Waals surface area contributed by atoms with E-state index in [1.807, 2.05) is 30.3 Å². The van der Waals surface area contributed by atoms with Crippen LogP contribution in [0.4, 0.5) is 4.79 Å². The molecule has 0 bridgehead atoms. The Balaban J connectivity index is 1.52. The highest BCUT2D eigenvalue weighted by atomic mass is 16.5. The number of carboxylic acid groups (broad SMARTS) is 1. The van der Waals surface area contributed by atoms with E-state index in [1.54, 1.807) is 18.2 Å². The average Bonchev–Trinajstić information content (AvgIpc) is 2.72. The summed E-state index contributed by atoms with van der Waals surface area (Å²) >= 11 is 0. The highest BCUT2D eigenvalue weighted by Gasteiger charge is 2.11. The lowest BCUT2D eigenvalue weighted by molar-refractivity contribution is 0.0695. The molecule has 0 atom stereocenters. The number of hydrogen-bond acceptors (Lipinski definition) is 4. The van der Waals surface area contributed by atoms with Gasteiger partial charge in [-0.05, 0) is 23.8 Å². The standard InChI is InChI=1S/C22H18N2O5/c25-20-17-10-9-15(12-19(17)24-13-18(20)21(26)27)6-4-5-11-23-22(28)29-14-16-7-2-1-3-8-16/h1-3,7-10,12-13H,5,11,14H2,(H,23,28)(H,24,25)(H,26,27). The van der Waals surface area contributed by atoms with Crippen molar-refractivity contribution in [3.8, 4) is 11.8 Å². The maximum atomic E-state index is 12.1. The summed E-state index contributed by atoms with van der Waals surface area (Å²) in [7, 11) is 0. The van der Waals surface area contributed by atoms with Crippen LogP contribution in [0.5, 0.6) is 0 Å². The van der Waals surface area contributed by atoms with E-state index in [0.717, 1.165) is 5.56 Å². The third-order valence-electron chi connectivity index (χ3n) is 4.08. The number of aromatic nitrogens is 1. The van der Waals surface area contributed by atoms with E-state index in [9.17, 15) is 14.4 Å². The number of carbonyl (C=O) groups excluding carboxylic acids is 1. The number of carbonyl (C=O) groups is 2. The van der Waals surface area contributed by atoms with Crippen LogP contribution in [-0.4, -0.2) is 28.7 Å². The normalized spacial score (nSPS) is 10.1. The Bertz CT molecular complexity index is 1160. The monoisotopic (exact) mass is 390 g/mol. The van der Waals surface area contributed by atoms with E-state index in [2.05, 4.69) is 22.1 Å². The van der Waals surface area contributed by atoms with Gasteiger partial charge in [0.15, 0.2) is 0 Å². The van der Waals surface area contributed by atoms with E-state index in [4.69, 9.17) is 9.84 Å². The van der Waals surface area contributed by atoms with Crippen LogP contribution in [0.1, 0.15) is 27.9 Å². The molecule has 0 aliphatic rings. The van der Waals surface area contributed by atoms with E-state index in [-0.39, 0.29) is 12.2 Å². The zero-order chi connectivity index (χ0) is 20.6. The highest BCUT2D eigenvalue weighted by molar-refractivity contribution is 5.92. The molecule has 1 aromatic heterocycles. The Kier molecular flexibility index (Phi) is 6.28. The molecule has 3 aromatic rings. The van der Waals surface area contributed by atoms with E-state index in [1.165, 1.54) is 6.20 Å². The fraction of sp³-hybridized carbons (Fsp3) is 0.136. The van der Waals surface area contributed by atoms with Gasteiger partial charge in [-0.1, -0.05) is 42.2 Å². The van der Waals surface area contributed by atoms with Crippen molar-refractivity contribution >= 4 is 23.0 Å². The third-order valence-corrected chi connectivity index (χ3v) is 4.08. The van der Waals surface area contributed by atoms with E-state index in [0.29, 0.717) is 29.4 Å². The first kappa shape index (κ1) is 19.7. The van der Waals surface area contributed by atoms with Gasteiger partial charge in [-0.15, -0.1) is 0 Å². The molecular weight excluding hydrogens is 372 g/mol. The van der Waals surface area contributed by atoms with Crippen molar-refractivity contribution in [3.05, 3.63) is 81.6 Å². The molecule has 0 saturated carbocycles. The molecule has 0 fully saturated rings.